The van der Waals surface area contributed by atoms with Gasteiger partial charge in [-0.2, -0.15) is 0 Å². The Hall–Kier alpha value is -0.300. The van der Waals surface area contributed by atoms with Crippen LogP contribution in [-0.4, -0.2) is 13.2 Å². The molecule has 0 aromatic carbocycles. The van der Waals surface area contributed by atoms with E-state index in [1.807, 2.05) is 7.11 Å². The van der Waals surface area contributed by atoms with Gasteiger partial charge < -0.3 is 4.74 Å². The van der Waals surface area contributed by atoms with Gasteiger partial charge in [0, 0.05) is 12.5 Å². The number of fused-ring (bicyclic) bond motifs is 4. The van der Waals surface area contributed by atoms with Crippen LogP contribution in [0.4, 0.5) is 0 Å². The summed E-state index contributed by atoms with van der Waals surface area (Å²) in [5.74, 6) is 6.92. The third-order valence-electron chi connectivity index (χ3n) is 12.5. The quantitative estimate of drug-likeness (QED) is 0.389. The highest BCUT2D eigenvalue weighted by molar-refractivity contribution is 5.26. The lowest BCUT2D eigenvalue weighted by Crippen LogP contribution is -2.57. The van der Waals surface area contributed by atoms with Crippen molar-refractivity contribution >= 4 is 0 Å². The molecule has 0 radical (unpaired) electrons. The van der Waals surface area contributed by atoms with Crippen LogP contribution < -0.4 is 0 Å². The molecule has 1 nitrogen and oxygen atoms in total. The molecule has 5 saturated carbocycles. The third kappa shape index (κ3) is 2.96. The Morgan fingerprint density at radius 2 is 1.74 bits per heavy atom. The van der Waals surface area contributed by atoms with E-state index in [1.54, 1.807) is 0 Å². The molecule has 31 heavy (non-hydrogen) atoms. The van der Waals surface area contributed by atoms with Crippen molar-refractivity contribution in [3.8, 4) is 0 Å². The molecule has 5 fully saturated rings. The first-order chi connectivity index (χ1) is 14.7. The minimum Gasteiger partial charge on any atom is -0.381 e. The van der Waals surface area contributed by atoms with E-state index < -0.39 is 0 Å². The highest BCUT2D eigenvalue weighted by Crippen LogP contribution is 2.82. The molecule has 1 spiro atoms. The summed E-state index contributed by atoms with van der Waals surface area (Å²) in [6, 6.07) is 0. The van der Waals surface area contributed by atoms with Crippen molar-refractivity contribution in [1.29, 1.82) is 0 Å². The van der Waals surface area contributed by atoms with Gasteiger partial charge in [0.25, 0.3) is 0 Å². The van der Waals surface area contributed by atoms with E-state index >= 15 is 0 Å². The lowest BCUT2D eigenvalue weighted by molar-refractivity contribution is -0.160. The molecule has 0 N–H and O–H groups in total. The summed E-state index contributed by atoms with van der Waals surface area (Å²) in [6.45, 7) is 15.1. The van der Waals surface area contributed by atoms with Crippen LogP contribution in [0.5, 0.6) is 0 Å². The van der Waals surface area contributed by atoms with Crippen molar-refractivity contribution in [2.75, 3.05) is 7.11 Å². The Morgan fingerprint density at radius 1 is 0.968 bits per heavy atom. The molecular formula is C30H50O. The minimum atomic E-state index is 0.543. The monoisotopic (exact) mass is 426 g/mol. The number of ether oxygens (including phenoxy) is 1. The van der Waals surface area contributed by atoms with Gasteiger partial charge in [0.05, 0.1) is 6.10 Å². The summed E-state index contributed by atoms with van der Waals surface area (Å²) < 4.78 is 6.31. The van der Waals surface area contributed by atoms with Crippen molar-refractivity contribution in [3.63, 3.8) is 0 Å². The van der Waals surface area contributed by atoms with E-state index in [0.717, 1.165) is 47.3 Å². The van der Waals surface area contributed by atoms with E-state index in [2.05, 4.69) is 53.7 Å². The van der Waals surface area contributed by atoms with Gasteiger partial charge >= 0.3 is 0 Å². The first kappa shape index (κ1) is 22.5. The van der Waals surface area contributed by atoms with Gasteiger partial charge in [0.2, 0.25) is 0 Å². The lowest BCUT2D eigenvalue weighted by atomic mass is 9.45. The fourth-order valence-corrected chi connectivity index (χ4v) is 10.8. The number of methoxy groups -OCH3 is 1. The van der Waals surface area contributed by atoms with Gasteiger partial charge in [-0.3, -0.25) is 0 Å². The molecule has 0 bridgehead atoms. The normalized spacial score (nSPS) is 52.5. The fraction of sp³-hybridized carbons (Fsp3) is 0.933. The van der Waals surface area contributed by atoms with E-state index in [0.29, 0.717) is 22.3 Å². The molecular weight excluding hydrogens is 376 g/mol. The first-order valence-corrected chi connectivity index (χ1v) is 13.9. The van der Waals surface area contributed by atoms with Crippen LogP contribution in [0.25, 0.3) is 0 Å². The molecule has 8 unspecified atom stereocenters. The zero-order valence-corrected chi connectivity index (χ0v) is 21.6. The van der Waals surface area contributed by atoms with Crippen molar-refractivity contribution in [2.24, 2.45) is 63.6 Å². The van der Waals surface area contributed by atoms with Crippen LogP contribution in [0.3, 0.4) is 0 Å². The summed E-state index contributed by atoms with van der Waals surface area (Å²) in [4.78, 5) is 0. The van der Waals surface area contributed by atoms with Gasteiger partial charge in [-0.05, 0) is 116 Å². The Labute approximate surface area is 193 Å². The van der Waals surface area contributed by atoms with Gasteiger partial charge in [-0.15, -0.1) is 0 Å². The predicted molar refractivity (Wildman–Crippen MR) is 131 cm³/mol. The summed E-state index contributed by atoms with van der Waals surface area (Å²) >= 11 is 0. The van der Waals surface area contributed by atoms with Crippen molar-refractivity contribution in [2.45, 2.75) is 105 Å². The van der Waals surface area contributed by atoms with Crippen LogP contribution >= 0.6 is 0 Å². The SMILES string of the molecule is CCC(/C=C/C(C)C1CCC2C3CC(OC)C45C[C@@H]4CC[C@]5(C)C3CC[C@]12C)C(C)C. The second kappa shape index (κ2) is 7.61. The number of hydrogen-bond acceptors (Lipinski definition) is 1. The maximum Gasteiger partial charge on any atom is 0.0638 e. The van der Waals surface area contributed by atoms with Gasteiger partial charge in [0.1, 0.15) is 0 Å². The zero-order valence-electron chi connectivity index (χ0n) is 21.6. The smallest absolute Gasteiger partial charge is 0.0638 e. The first-order valence-electron chi connectivity index (χ1n) is 13.9. The molecule has 176 valence electrons. The second-order valence-corrected chi connectivity index (χ2v) is 13.5. The summed E-state index contributed by atoms with van der Waals surface area (Å²) in [6.07, 6.45) is 18.7. The molecule has 0 aliphatic heterocycles. The average molecular weight is 427 g/mol. The molecule has 5 aliphatic rings. The topological polar surface area (TPSA) is 9.23 Å². The van der Waals surface area contributed by atoms with Gasteiger partial charge in [0.15, 0.2) is 0 Å². The second-order valence-electron chi connectivity index (χ2n) is 13.5. The van der Waals surface area contributed by atoms with Crippen LogP contribution in [0.1, 0.15) is 99.3 Å². The Bertz CT molecular complexity index is 709. The largest absolute Gasteiger partial charge is 0.381 e. The van der Waals surface area contributed by atoms with Crippen LogP contribution in [-0.2, 0) is 4.74 Å². The van der Waals surface area contributed by atoms with Gasteiger partial charge in [-0.25, -0.2) is 0 Å². The maximum absolute atomic E-state index is 6.31. The van der Waals surface area contributed by atoms with Crippen molar-refractivity contribution < 1.29 is 4.74 Å². The number of hydrogen-bond donors (Lipinski definition) is 0. The lowest BCUT2D eigenvalue weighted by Gasteiger charge is -2.61. The van der Waals surface area contributed by atoms with E-state index in [4.69, 9.17) is 4.74 Å². The fourth-order valence-electron chi connectivity index (χ4n) is 10.8. The third-order valence-corrected chi connectivity index (χ3v) is 12.5. The Kier molecular flexibility index (Phi) is 5.52. The molecule has 0 saturated heterocycles. The van der Waals surface area contributed by atoms with Crippen molar-refractivity contribution in [3.05, 3.63) is 12.2 Å². The molecule has 5 rings (SSSR count). The highest BCUT2D eigenvalue weighted by Gasteiger charge is 2.77. The standard InChI is InChI=1S/C30H50O/c1-8-21(19(2)3)10-9-20(4)24-11-12-25-23-17-27(31-7)30-18-22(30)13-16-29(30,6)26(23)14-15-28(24,25)5/h9-10,19-27H,8,11-18H2,1-7H3/b10-9+/t20?,21?,22-,23?,24?,25?,26?,27?,28+,29+,30?/m0/s1. The van der Waals surface area contributed by atoms with E-state index in [9.17, 15) is 0 Å². The molecule has 0 amide bonds. The van der Waals surface area contributed by atoms with Crippen LogP contribution in [0.15, 0.2) is 12.2 Å². The van der Waals surface area contributed by atoms with Crippen LogP contribution in [0, 0.1) is 63.6 Å². The van der Waals surface area contributed by atoms with Gasteiger partial charge in [-0.1, -0.05) is 53.7 Å². The average Bonchev–Trinajstić information content (AvgIpc) is 3.24. The highest BCUT2D eigenvalue weighted by atomic mass is 16.5. The molecule has 11 atom stereocenters. The summed E-state index contributed by atoms with van der Waals surface area (Å²) in [5.41, 5.74) is 1.68. The summed E-state index contributed by atoms with van der Waals surface area (Å²) in [5, 5.41) is 0. The van der Waals surface area contributed by atoms with E-state index in [-0.39, 0.29) is 0 Å². The predicted octanol–water partition coefficient (Wildman–Crippen LogP) is 8.14. The summed E-state index contributed by atoms with van der Waals surface area (Å²) in [7, 11) is 2.03. The Balaban J connectivity index is 1.37. The van der Waals surface area contributed by atoms with Crippen molar-refractivity contribution in [1.82, 2.24) is 0 Å². The molecule has 5 aliphatic carbocycles. The molecule has 0 aromatic heterocycles. The number of rotatable bonds is 6. The number of allylic oxidation sites excluding steroid dienone is 2. The van der Waals surface area contributed by atoms with E-state index in [1.165, 1.54) is 57.8 Å². The molecule has 0 heterocycles. The van der Waals surface area contributed by atoms with Crippen LogP contribution in [0.2, 0.25) is 0 Å². The Morgan fingerprint density at radius 3 is 2.39 bits per heavy atom. The maximum atomic E-state index is 6.31. The molecule has 1 heteroatoms. The zero-order chi connectivity index (χ0) is 22.2. The minimum absolute atomic E-state index is 0.543. The molecule has 0 aromatic rings.